The molecule has 1 aliphatic carbocycles. The summed E-state index contributed by atoms with van der Waals surface area (Å²) in [4.78, 5) is 12.6. The number of nitrogens with one attached hydrogen (secondary N) is 1. The Bertz CT molecular complexity index is 672. The zero-order valence-electron chi connectivity index (χ0n) is 11.7. The van der Waals surface area contributed by atoms with E-state index in [0.29, 0.717) is 16.6 Å². The molecule has 2 aromatic rings. The maximum Gasteiger partial charge on any atom is 0.261 e. The largest absolute Gasteiger partial charge is 0.360 e. The monoisotopic (exact) mass is 290 g/mol. The van der Waals surface area contributed by atoms with E-state index in [-0.39, 0.29) is 5.56 Å². The van der Waals surface area contributed by atoms with E-state index >= 15 is 0 Å². The summed E-state index contributed by atoms with van der Waals surface area (Å²) < 4.78 is 1.90. The van der Waals surface area contributed by atoms with Crippen molar-refractivity contribution in [2.75, 3.05) is 11.9 Å². The summed E-state index contributed by atoms with van der Waals surface area (Å²) in [6, 6.07) is 4.24. The van der Waals surface area contributed by atoms with Crippen LogP contribution in [0.4, 0.5) is 5.13 Å². The zero-order chi connectivity index (χ0) is 14.1. The molecule has 5 nitrogen and oxygen atoms in total. The van der Waals surface area contributed by atoms with Crippen LogP contribution in [0.2, 0.25) is 0 Å². The highest BCUT2D eigenvalue weighted by Crippen LogP contribution is 2.35. The minimum Gasteiger partial charge on any atom is -0.360 e. The number of hydrogen-bond donors (Lipinski definition) is 1. The fraction of sp³-hybridized carbons (Fsp3) is 0.500. The van der Waals surface area contributed by atoms with Crippen LogP contribution in [-0.4, -0.2) is 21.3 Å². The topological polar surface area (TPSA) is 59.8 Å². The molecule has 106 valence electrons. The van der Waals surface area contributed by atoms with Crippen molar-refractivity contribution in [2.45, 2.75) is 39.2 Å². The first kappa shape index (κ1) is 13.3. The molecule has 0 spiro atoms. The van der Waals surface area contributed by atoms with Crippen LogP contribution in [0, 0.1) is 6.92 Å². The van der Waals surface area contributed by atoms with E-state index in [1.807, 2.05) is 23.6 Å². The Hall–Kier alpha value is -1.69. The molecular weight excluding hydrogens is 272 g/mol. The summed E-state index contributed by atoms with van der Waals surface area (Å²) >= 11 is 1.44. The van der Waals surface area contributed by atoms with Gasteiger partial charge in [0.2, 0.25) is 5.13 Å². The molecule has 2 aromatic heterocycles. The van der Waals surface area contributed by atoms with Crippen molar-refractivity contribution in [3.8, 4) is 10.6 Å². The maximum atomic E-state index is 12.6. The molecule has 1 fully saturated rings. The molecule has 20 heavy (non-hydrogen) atoms. The second-order valence-electron chi connectivity index (χ2n) is 5.13. The van der Waals surface area contributed by atoms with Gasteiger partial charge in [0.25, 0.3) is 5.56 Å². The SMILES string of the molecule is CCCNc1nnc(-c2ccc(C)n(C3CC3)c2=O)s1. The summed E-state index contributed by atoms with van der Waals surface area (Å²) in [6.07, 6.45) is 3.24. The number of aromatic nitrogens is 3. The Morgan fingerprint density at radius 2 is 2.20 bits per heavy atom. The lowest BCUT2D eigenvalue weighted by atomic mass is 10.2. The summed E-state index contributed by atoms with van der Waals surface area (Å²) in [7, 11) is 0. The van der Waals surface area contributed by atoms with Gasteiger partial charge in [0.1, 0.15) is 0 Å². The summed E-state index contributed by atoms with van der Waals surface area (Å²) in [6.45, 7) is 4.95. The normalized spacial score (nSPS) is 14.5. The number of rotatable bonds is 5. The van der Waals surface area contributed by atoms with E-state index in [9.17, 15) is 4.79 Å². The first-order valence-corrected chi connectivity index (χ1v) is 7.82. The van der Waals surface area contributed by atoms with E-state index in [0.717, 1.165) is 36.6 Å². The summed E-state index contributed by atoms with van der Waals surface area (Å²) in [5.41, 5.74) is 1.74. The van der Waals surface area contributed by atoms with Gasteiger partial charge in [0.15, 0.2) is 5.01 Å². The van der Waals surface area contributed by atoms with Crippen LogP contribution in [0.3, 0.4) is 0 Å². The Balaban J connectivity index is 1.96. The third kappa shape index (κ3) is 2.47. The number of anilines is 1. The third-order valence-electron chi connectivity index (χ3n) is 3.41. The van der Waals surface area contributed by atoms with E-state index < -0.39 is 0 Å². The molecule has 0 unspecified atom stereocenters. The first-order chi connectivity index (χ1) is 9.70. The lowest BCUT2D eigenvalue weighted by Crippen LogP contribution is -2.22. The fourth-order valence-corrected chi connectivity index (χ4v) is 3.02. The number of nitrogens with zero attached hydrogens (tertiary/aromatic N) is 3. The Morgan fingerprint density at radius 1 is 1.40 bits per heavy atom. The number of hydrogen-bond acceptors (Lipinski definition) is 5. The molecule has 0 bridgehead atoms. The number of aryl methyl sites for hydroxylation is 1. The Labute approximate surface area is 121 Å². The molecule has 0 atom stereocenters. The minimum atomic E-state index is 0.0608. The molecule has 0 aliphatic heterocycles. The van der Waals surface area contributed by atoms with Crippen LogP contribution < -0.4 is 10.9 Å². The average molecular weight is 290 g/mol. The Morgan fingerprint density at radius 3 is 2.90 bits per heavy atom. The van der Waals surface area contributed by atoms with Crippen LogP contribution in [-0.2, 0) is 0 Å². The molecule has 1 saturated carbocycles. The van der Waals surface area contributed by atoms with Crippen LogP contribution in [0.5, 0.6) is 0 Å². The average Bonchev–Trinajstić information content (AvgIpc) is 3.15. The van der Waals surface area contributed by atoms with Crippen molar-refractivity contribution in [3.63, 3.8) is 0 Å². The molecule has 2 heterocycles. The highest BCUT2D eigenvalue weighted by molar-refractivity contribution is 7.18. The van der Waals surface area contributed by atoms with E-state index in [2.05, 4.69) is 22.4 Å². The molecular formula is C14H18N4OS. The van der Waals surface area contributed by atoms with Gasteiger partial charge in [-0.1, -0.05) is 18.3 Å². The first-order valence-electron chi connectivity index (χ1n) is 7.00. The molecule has 0 amide bonds. The molecule has 0 saturated heterocycles. The predicted molar refractivity (Wildman–Crippen MR) is 81.4 cm³/mol. The zero-order valence-corrected chi connectivity index (χ0v) is 12.5. The molecule has 0 aromatic carbocycles. The number of pyridine rings is 1. The van der Waals surface area contributed by atoms with Gasteiger partial charge in [0, 0.05) is 18.3 Å². The van der Waals surface area contributed by atoms with Gasteiger partial charge in [-0.3, -0.25) is 4.79 Å². The van der Waals surface area contributed by atoms with Crippen LogP contribution in [0.15, 0.2) is 16.9 Å². The van der Waals surface area contributed by atoms with Crippen LogP contribution in [0.1, 0.15) is 37.9 Å². The molecule has 1 N–H and O–H groups in total. The Kier molecular flexibility index (Phi) is 3.56. The lowest BCUT2D eigenvalue weighted by molar-refractivity contribution is 0.683. The predicted octanol–water partition coefficient (Wildman–Crippen LogP) is 2.83. The second kappa shape index (κ2) is 5.36. The maximum absolute atomic E-state index is 12.6. The van der Waals surface area contributed by atoms with Crippen molar-refractivity contribution < 1.29 is 0 Å². The van der Waals surface area contributed by atoms with Gasteiger partial charge >= 0.3 is 0 Å². The van der Waals surface area contributed by atoms with Crippen LogP contribution >= 0.6 is 11.3 Å². The van der Waals surface area contributed by atoms with Crippen molar-refractivity contribution in [3.05, 3.63) is 28.2 Å². The van der Waals surface area contributed by atoms with Crippen molar-refractivity contribution in [2.24, 2.45) is 0 Å². The van der Waals surface area contributed by atoms with Crippen LogP contribution in [0.25, 0.3) is 10.6 Å². The van der Waals surface area contributed by atoms with Gasteiger partial charge in [-0.05, 0) is 38.3 Å². The van der Waals surface area contributed by atoms with E-state index in [1.54, 1.807) is 0 Å². The fourth-order valence-electron chi connectivity index (χ4n) is 2.23. The molecule has 0 radical (unpaired) electrons. The molecule has 3 rings (SSSR count). The second-order valence-corrected chi connectivity index (χ2v) is 6.11. The van der Waals surface area contributed by atoms with Gasteiger partial charge in [-0.2, -0.15) is 0 Å². The van der Waals surface area contributed by atoms with Gasteiger partial charge < -0.3 is 9.88 Å². The van der Waals surface area contributed by atoms with Crippen molar-refractivity contribution in [1.29, 1.82) is 0 Å². The summed E-state index contributed by atoms with van der Waals surface area (Å²) in [5.74, 6) is 0. The van der Waals surface area contributed by atoms with E-state index in [1.165, 1.54) is 11.3 Å². The van der Waals surface area contributed by atoms with Gasteiger partial charge in [0.05, 0.1) is 5.56 Å². The summed E-state index contributed by atoms with van der Waals surface area (Å²) in [5, 5.41) is 12.9. The van der Waals surface area contributed by atoms with E-state index in [4.69, 9.17) is 0 Å². The standard InChI is InChI=1S/C14H18N4OS/c1-3-8-15-14-17-16-12(20-14)11-7-4-9(2)18(13(11)19)10-5-6-10/h4,7,10H,3,5-6,8H2,1-2H3,(H,15,17). The molecule has 1 aliphatic rings. The highest BCUT2D eigenvalue weighted by atomic mass is 32.1. The van der Waals surface area contributed by atoms with Gasteiger partial charge in [-0.25, -0.2) is 0 Å². The highest BCUT2D eigenvalue weighted by Gasteiger charge is 2.27. The van der Waals surface area contributed by atoms with Gasteiger partial charge in [-0.15, -0.1) is 10.2 Å². The smallest absolute Gasteiger partial charge is 0.261 e. The quantitative estimate of drug-likeness (QED) is 0.920. The van der Waals surface area contributed by atoms with Crippen molar-refractivity contribution >= 4 is 16.5 Å². The minimum absolute atomic E-state index is 0.0608. The van der Waals surface area contributed by atoms with Crippen molar-refractivity contribution in [1.82, 2.24) is 14.8 Å². The lowest BCUT2D eigenvalue weighted by Gasteiger charge is -2.09. The molecule has 6 heteroatoms. The third-order valence-corrected chi connectivity index (χ3v) is 4.33.